The summed E-state index contributed by atoms with van der Waals surface area (Å²) >= 11 is 6.34. The molecule has 0 atom stereocenters. The summed E-state index contributed by atoms with van der Waals surface area (Å²) in [7, 11) is 1.66. The van der Waals surface area contributed by atoms with Crippen LogP contribution in [0.15, 0.2) is 6.07 Å². The normalized spacial score (nSPS) is 18.1. The Morgan fingerprint density at radius 1 is 1.33 bits per heavy atom. The lowest BCUT2D eigenvalue weighted by molar-refractivity contribution is -0.168. The second kappa shape index (κ2) is 5.08. The number of halogens is 1. The highest BCUT2D eigenvalue weighted by atomic mass is 35.5. The fourth-order valence-corrected chi connectivity index (χ4v) is 2.69. The van der Waals surface area contributed by atoms with Crippen molar-refractivity contribution in [1.82, 2.24) is 0 Å². The summed E-state index contributed by atoms with van der Waals surface area (Å²) in [5, 5.41) is 0.748. The predicted octanol–water partition coefficient (Wildman–Crippen LogP) is 3.58. The van der Waals surface area contributed by atoms with Crippen LogP contribution in [-0.4, -0.2) is 20.3 Å². The van der Waals surface area contributed by atoms with Crippen molar-refractivity contribution in [3.05, 3.63) is 27.8 Å². The van der Waals surface area contributed by atoms with Crippen LogP contribution in [0.25, 0.3) is 0 Å². The molecule has 1 aromatic rings. The number of aryl methyl sites for hydroxylation is 1. The smallest absolute Gasteiger partial charge is 0.198 e. The molecule has 0 N–H and O–H groups in total. The lowest BCUT2D eigenvalue weighted by Gasteiger charge is -2.30. The standard InChI is InChI=1S/C14H19ClO3/c1-5-14(17-6-7-18-14)12-10(3)13(15)9(2)8-11(12)16-4/h8H,5-7H2,1-4H3. The Morgan fingerprint density at radius 2 is 1.94 bits per heavy atom. The van der Waals surface area contributed by atoms with Crippen molar-refractivity contribution in [3.63, 3.8) is 0 Å². The van der Waals surface area contributed by atoms with Gasteiger partial charge in [-0.15, -0.1) is 0 Å². The Balaban J connectivity index is 2.65. The Hall–Kier alpha value is -0.770. The molecule has 1 aromatic carbocycles. The topological polar surface area (TPSA) is 27.7 Å². The largest absolute Gasteiger partial charge is 0.496 e. The predicted molar refractivity (Wildman–Crippen MR) is 71.4 cm³/mol. The zero-order chi connectivity index (χ0) is 13.3. The van der Waals surface area contributed by atoms with Gasteiger partial charge in [-0.1, -0.05) is 18.5 Å². The fourth-order valence-electron chi connectivity index (χ4n) is 2.54. The highest BCUT2D eigenvalue weighted by molar-refractivity contribution is 6.32. The Bertz CT molecular complexity index is 451. The van der Waals surface area contributed by atoms with Gasteiger partial charge in [-0.2, -0.15) is 0 Å². The molecule has 100 valence electrons. The minimum atomic E-state index is -0.716. The van der Waals surface area contributed by atoms with E-state index in [9.17, 15) is 0 Å². The molecule has 18 heavy (non-hydrogen) atoms. The maximum absolute atomic E-state index is 6.34. The van der Waals surface area contributed by atoms with E-state index in [0.29, 0.717) is 13.2 Å². The molecule has 0 radical (unpaired) electrons. The molecule has 3 nitrogen and oxygen atoms in total. The molecule has 0 bridgehead atoms. The highest BCUT2D eigenvalue weighted by Gasteiger charge is 2.41. The monoisotopic (exact) mass is 270 g/mol. The van der Waals surface area contributed by atoms with E-state index in [4.69, 9.17) is 25.8 Å². The highest BCUT2D eigenvalue weighted by Crippen LogP contribution is 2.44. The second-order valence-electron chi connectivity index (χ2n) is 4.51. The molecule has 0 aliphatic carbocycles. The zero-order valence-corrected chi connectivity index (χ0v) is 12.1. The maximum atomic E-state index is 6.34. The first-order chi connectivity index (χ1) is 8.55. The average Bonchev–Trinajstić information content (AvgIpc) is 2.85. The molecule has 1 aliphatic heterocycles. The summed E-state index contributed by atoms with van der Waals surface area (Å²) in [5.41, 5.74) is 2.89. The van der Waals surface area contributed by atoms with Crippen LogP contribution in [0.4, 0.5) is 0 Å². The summed E-state index contributed by atoms with van der Waals surface area (Å²) in [4.78, 5) is 0. The first-order valence-corrected chi connectivity index (χ1v) is 6.55. The Labute approximate surface area is 113 Å². The van der Waals surface area contributed by atoms with E-state index in [1.807, 2.05) is 26.8 Å². The molecular formula is C14H19ClO3. The van der Waals surface area contributed by atoms with E-state index < -0.39 is 5.79 Å². The van der Waals surface area contributed by atoms with E-state index in [-0.39, 0.29) is 0 Å². The van der Waals surface area contributed by atoms with E-state index in [1.54, 1.807) is 7.11 Å². The molecule has 2 rings (SSSR count). The average molecular weight is 271 g/mol. The molecule has 0 spiro atoms. The second-order valence-corrected chi connectivity index (χ2v) is 4.89. The van der Waals surface area contributed by atoms with E-state index in [0.717, 1.165) is 33.9 Å². The van der Waals surface area contributed by atoms with Crippen molar-refractivity contribution in [1.29, 1.82) is 0 Å². The van der Waals surface area contributed by atoms with Crippen LogP contribution in [-0.2, 0) is 15.3 Å². The van der Waals surface area contributed by atoms with Gasteiger partial charge >= 0.3 is 0 Å². The van der Waals surface area contributed by atoms with Crippen molar-refractivity contribution < 1.29 is 14.2 Å². The molecule has 4 heteroatoms. The SMILES string of the molecule is CCC1(c2c(OC)cc(C)c(Cl)c2C)OCCO1. The fraction of sp³-hybridized carbons (Fsp3) is 0.571. The van der Waals surface area contributed by atoms with Crippen molar-refractivity contribution >= 4 is 11.6 Å². The van der Waals surface area contributed by atoms with Crippen LogP contribution in [0.1, 0.15) is 30.0 Å². The van der Waals surface area contributed by atoms with Gasteiger partial charge in [0, 0.05) is 11.4 Å². The Kier molecular flexibility index (Phi) is 3.85. The lowest BCUT2D eigenvalue weighted by atomic mass is 9.95. The van der Waals surface area contributed by atoms with Gasteiger partial charge in [0.25, 0.3) is 0 Å². The van der Waals surface area contributed by atoms with E-state index in [2.05, 4.69) is 0 Å². The summed E-state index contributed by atoms with van der Waals surface area (Å²) in [6.45, 7) is 7.19. The molecule has 0 unspecified atom stereocenters. The van der Waals surface area contributed by atoms with Gasteiger partial charge in [-0.25, -0.2) is 0 Å². The number of rotatable bonds is 3. The van der Waals surface area contributed by atoms with Gasteiger partial charge in [-0.05, 0) is 31.0 Å². The van der Waals surface area contributed by atoms with Crippen molar-refractivity contribution in [2.45, 2.75) is 33.0 Å². The van der Waals surface area contributed by atoms with Crippen LogP contribution in [0.5, 0.6) is 5.75 Å². The Morgan fingerprint density at radius 3 is 2.44 bits per heavy atom. The minimum absolute atomic E-state index is 0.599. The van der Waals surface area contributed by atoms with Gasteiger partial charge in [-0.3, -0.25) is 0 Å². The molecule has 1 aliphatic rings. The maximum Gasteiger partial charge on any atom is 0.198 e. The van der Waals surface area contributed by atoms with Gasteiger partial charge in [0.05, 0.1) is 25.9 Å². The van der Waals surface area contributed by atoms with Gasteiger partial charge in [0.15, 0.2) is 5.79 Å². The van der Waals surface area contributed by atoms with Crippen molar-refractivity contribution in [2.75, 3.05) is 20.3 Å². The van der Waals surface area contributed by atoms with E-state index >= 15 is 0 Å². The van der Waals surface area contributed by atoms with Crippen LogP contribution in [0, 0.1) is 13.8 Å². The number of hydrogen-bond acceptors (Lipinski definition) is 3. The molecule has 1 saturated heterocycles. The lowest BCUT2D eigenvalue weighted by Crippen LogP contribution is -2.28. The molecule has 1 heterocycles. The third-order valence-electron chi connectivity index (χ3n) is 3.46. The molecule has 0 amide bonds. The molecular weight excluding hydrogens is 252 g/mol. The van der Waals surface area contributed by atoms with Crippen LogP contribution >= 0.6 is 11.6 Å². The summed E-state index contributed by atoms with van der Waals surface area (Å²) in [5.74, 6) is 0.0606. The van der Waals surface area contributed by atoms with Gasteiger partial charge < -0.3 is 14.2 Å². The first-order valence-electron chi connectivity index (χ1n) is 6.17. The third kappa shape index (κ3) is 2.00. The zero-order valence-electron chi connectivity index (χ0n) is 11.3. The number of ether oxygens (including phenoxy) is 3. The summed E-state index contributed by atoms with van der Waals surface area (Å²) < 4.78 is 17.1. The number of methoxy groups -OCH3 is 1. The van der Waals surface area contributed by atoms with Crippen molar-refractivity contribution in [2.24, 2.45) is 0 Å². The van der Waals surface area contributed by atoms with Gasteiger partial charge in [0.2, 0.25) is 0 Å². The van der Waals surface area contributed by atoms with Crippen LogP contribution < -0.4 is 4.74 Å². The van der Waals surface area contributed by atoms with Crippen LogP contribution in [0.2, 0.25) is 5.02 Å². The van der Waals surface area contributed by atoms with Crippen LogP contribution in [0.3, 0.4) is 0 Å². The van der Waals surface area contributed by atoms with E-state index in [1.165, 1.54) is 0 Å². The quantitative estimate of drug-likeness (QED) is 0.840. The third-order valence-corrected chi connectivity index (χ3v) is 4.05. The molecule has 0 saturated carbocycles. The summed E-state index contributed by atoms with van der Waals surface area (Å²) in [6.07, 6.45) is 0.726. The van der Waals surface area contributed by atoms with Gasteiger partial charge in [0.1, 0.15) is 5.75 Å². The number of benzene rings is 1. The molecule has 1 fully saturated rings. The summed E-state index contributed by atoms with van der Waals surface area (Å²) in [6, 6.07) is 1.94. The minimum Gasteiger partial charge on any atom is -0.496 e. The first kappa shape index (κ1) is 13.7. The van der Waals surface area contributed by atoms with Crippen molar-refractivity contribution in [3.8, 4) is 5.75 Å². The number of hydrogen-bond donors (Lipinski definition) is 0. The molecule has 0 aromatic heterocycles.